The minimum atomic E-state index is -0.00958. The zero-order valence-electron chi connectivity index (χ0n) is 20.5. The molecule has 0 atom stereocenters. The molecule has 2 heterocycles. The first-order chi connectivity index (χ1) is 17.5. The molecule has 2 aromatic carbocycles. The van der Waals surface area contributed by atoms with Gasteiger partial charge in [-0.15, -0.1) is 0 Å². The van der Waals surface area contributed by atoms with Crippen molar-refractivity contribution in [2.24, 2.45) is 5.92 Å². The molecule has 0 unspecified atom stereocenters. The van der Waals surface area contributed by atoms with Gasteiger partial charge in [0.25, 0.3) is 11.8 Å². The number of likely N-dealkylation sites (tertiary alicyclic amines) is 1. The van der Waals surface area contributed by atoms with E-state index >= 15 is 0 Å². The molecule has 5 rings (SSSR count). The van der Waals surface area contributed by atoms with Gasteiger partial charge in [0.05, 0.1) is 5.56 Å². The molecular formula is C28H33ClN4O3. The van der Waals surface area contributed by atoms with Gasteiger partial charge in [-0.1, -0.05) is 24.4 Å². The second-order valence-electron chi connectivity index (χ2n) is 9.99. The van der Waals surface area contributed by atoms with Crippen LogP contribution in [0.25, 0.3) is 0 Å². The Morgan fingerprint density at radius 1 is 0.750 bits per heavy atom. The quantitative estimate of drug-likeness (QED) is 0.637. The van der Waals surface area contributed by atoms with E-state index in [0.29, 0.717) is 48.0 Å². The van der Waals surface area contributed by atoms with E-state index in [0.717, 1.165) is 57.3 Å². The molecular weight excluding hydrogens is 476 g/mol. The molecule has 1 aliphatic carbocycles. The molecule has 36 heavy (non-hydrogen) atoms. The summed E-state index contributed by atoms with van der Waals surface area (Å²) < 4.78 is 0. The largest absolute Gasteiger partial charge is 0.367 e. The lowest BCUT2D eigenvalue weighted by atomic mass is 10.1. The van der Waals surface area contributed by atoms with Gasteiger partial charge in [-0.3, -0.25) is 14.4 Å². The highest BCUT2D eigenvalue weighted by Gasteiger charge is 2.29. The number of hydrogen-bond acceptors (Lipinski definition) is 4. The molecule has 1 saturated carbocycles. The monoisotopic (exact) mass is 508 g/mol. The molecule has 8 heteroatoms. The SMILES string of the molecule is O=C(Nc1ccc(N2CCN(C(=O)c3ccc(Cl)cc3)CC2)c(C(=O)N2CCCC2)c1)C1CCCC1. The number of rotatable bonds is 5. The van der Waals surface area contributed by atoms with Crippen LogP contribution in [0.5, 0.6) is 0 Å². The summed E-state index contributed by atoms with van der Waals surface area (Å²) in [6.07, 6.45) is 6.10. The average molecular weight is 509 g/mol. The average Bonchev–Trinajstić information content (AvgIpc) is 3.64. The summed E-state index contributed by atoms with van der Waals surface area (Å²) in [6.45, 7) is 3.93. The Labute approximate surface area is 217 Å². The van der Waals surface area contributed by atoms with Gasteiger partial charge in [0.15, 0.2) is 0 Å². The highest BCUT2D eigenvalue weighted by atomic mass is 35.5. The van der Waals surface area contributed by atoms with E-state index in [1.807, 2.05) is 28.0 Å². The van der Waals surface area contributed by atoms with Crippen LogP contribution in [0.4, 0.5) is 11.4 Å². The maximum atomic E-state index is 13.5. The second kappa shape index (κ2) is 10.9. The predicted molar refractivity (Wildman–Crippen MR) is 142 cm³/mol. The van der Waals surface area contributed by atoms with Crippen molar-refractivity contribution in [2.75, 3.05) is 49.5 Å². The topological polar surface area (TPSA) is 73.0 Å². The van der Waals surface area contributed by atoms with Crippen LogP contribution in [0, 0.1) is 5.92 Å². The Morgan fingerprint density at radius 2 is 1.39 bits per heavy atom. The summed E-state index contributed by atoms with van der Waals surface area (Å²) in [7, 11) is 0. The Kier molecular flexibility index (Phi) is 7.46. The molecule has 2 aromatic rings. The number of carbonyl (C=O) groups excluding carboxylic acids is 3. The van der Waals surface area contributed by atoms with Gasteiger partial charge in [-0.2, -0.15) is 0 Å². The fourth-order valence-corrected chi connectivity index (χ4v) is 5.64. The summed E-state index contributed by atoms with van der Waals surface area (Å²) in [5.41, 5.74) is 2.79. The first kappa shape index (κ1) is 24.6. The number of nitrogens with zero attached hydrogens (tertiary/aromatic N) is 3. The van der Waals surface area contributed by atoms with E-state index in [4.69, 9.17) is 11.6 Å². The zero-order valence-corrected chi connectivity index (χ0v) is 21.3. The molecule has 2 saturated heterocycles. The van der Waals surface area contributed by atoms with Crippen LogP contribution < -0.4 is 10.2 Å². The lowest BCUT2D eigenvalue weighted by Crippen LogP contribution is -2.49. The number of anilines is 2. The van der Waals surface area contributed by atoms with E-state index < -0.39 is 0 Å². The Bertz CT molecular complexity index is 1120. The van der Waals surface area contributed by atoms with Crippen molar-refractivity contribution in [3.05, 3.63) is 58.6 Å². The second-order valence-corrected chi connectivity index (χ2v) is 10.4. The van der Waals surface area contributed by atoms with Crippen molar-refractivity contribution in [1.29, 1.82) is 0 Å². The summed E-state index contributed by atoms with van der Waals surface area (Å²) in [6, 6.07) is 12.7. The van der Waals surface area contributed by atoms with Crippen LogP contribution in [0.3, 0.4) is 0 Å². The van der Waals surface area contributed by atoms with E-state index in [1.165, 1.54) is 0 Å². The number of benzene rings is 2. The van der Waals surface area contributed by atoms with Gasteiger partial charge in [0.2, 0.25) is 5.91 Å². The Balaban J connectivity index is 1.32. The van der Waals surface area contributed by atoms with Gasteiger partial charge >= 0.3 is 0 Å². The minimum Gasteiger partial charge on any atom is -0.367 e. The third-order valence-electron chi connectivity index (χ3n) is 7.61. The molecule has 7 nitrogen and oxygen atoms in total. The van der Waals surface area contributed by atoms with Crippen LogP contribution in [-0.2, 0) is 4.79 Å². The molecule has 0 aromatic heterocycles. The van der Waals surface area contributed by atoms with Crippen molar-refractivity contribution < 1.29 is 14.4 Å². The molecule has 0 radical (unpaired) electrons. The van der Waals surface area contributed by atoms with Crippen LogP contribution in [-0.4, -0.2) is 66.8 Å². The molecule has 190 valence electrons. The summed E-state index contributed by atoms with van der Waals surface area (Å²) in [5, 5.41) is 3.66. The fraction of sp³-hybridized carbons (Fsp3) is 0.464. The van der Waals surface area contributed by atoms with Gasteiger partial charge in [0, 0.05) is 67.1 Å². The Hall–Kier alpha value is -3.06. The normalized spacial score (nSPS) is 18.5. The lowest BCUT2D eigenvalue weighted by molar-refractivity contribution is -0.119. The highest BCUT2D eigenvalue weighted by molar-refractivity contribution is 6.30. The molecule has 3 amide bonds. The number of amides is 3. The number of nitrogens with one attached hydrogen (secondary N) is 1. The van der Waals surface area contributed by atoms with Crippen LogP contribution in [0.15, 0.2) is 42.5 Å². The predicted octanol–water partition coefficient (Wildman–Crippen LogP) is 4.67. The standard InChI is InChI=1S/C28H33ClN4O3/c29-22-9-7-21(8-10-22)27(35)33-17-15-31(16-18-33)25-12-11-23(30-26(34)20-5-1-2-6-20)19-24(25)28(36)32-13-3-4-14-32/h7-12,19-20H,1-6,13-18H2,(H,30,34). The zero-order chi connectivity index (χ0) is 25.1. The first-order valence-corrected chi connectivity index (χ1v) is 13.4. The molecule has 2 aliphatic heterocycles. The van der Waals surface area contributed by atoms with Crippen LogP contribution in [0.1, 0.15) is 59.2 Å². The van der Waals surface area contributed by atoms with Crippen molar-refractivity contribution in [3.8, 4) is 0 Å². The number of piperazine rings is 1. The maximum Gasteiger partial charge on any atom is 0.256 e. The molecule has 1 N–H and O–H groups in total. The number of carbonyl (C=O) groups is 3. The van der Waals surface area contributed by atoms with E-state index in [-0.39, 0.29) is 23.6 Å². The summed E-state index contributed by atoms with van der Waals surface area (Å²) in [4.78, 5) is 45.1. The number of halogens is 1. The van der Waals surface area contributed by atoms with Gasteiger partial charge in [-0.05, 0) is 68.1 Å². The first-order valence-electron chi connectivity index (χ1n) is 13.0. The van der Waals surface area contributed by atoms with Crippen molar-refractivity contribution in [3.63, 3.8) is 0 Å². The molecule has 3 aliphatic rings. The van der Waals surface area contributed by atoms with Crippen LogP contribution >= 0.6 is 11.6 Å². The van der Waals surface area contributed by atoms with Crippen molar-refractivity contribution in [1.82, 2.24) is 9.80 Å². The maximum absolute atomic E-state index is 13.5. The van der Waals surface area contributed by atoms with E-state index in [9.17, 15) is 14.4 Å². The van der Waals surface area contributed by atoms with Crippen molar-refractivity contribution >= 4 is 40.7 Å². The van der Waals surface area contributed by atoms with Crippen LogP contribution in [0.2, 0.25) is 5.02 Å². The smallest absolute Gasteiger partial charge is 0.256 e. The van der Waals surface area contributed by atoms with Gasteiger partial charge < -0.3 is 20.0 Å². The molecule has 3 fully saturated rings. The van der Waals surface area contributed by atoms with Gasteiger partial charge in [-0.25, -0.2) is 0 Å². The minimum absolute atomic E-state index is 0.00958. The van der Waals surface area contributed by atoms with Gasteiger partial charge in [0.1, 0.15) is 0 Å². The Morgan fingerprint density at radius 3 is 2.06 bits per heavy atom. The summed E-state index contributed by atoms with van der Waals surface area (Å²) in [5.74, 6) is 0.117. The van der Waals surface area contributed by atoms with Crippen molar-refractivity contribution in [2.45, 2.75) is 38.5 Å². The highest BCUT2D eigenvalue weighted by Crippen LogP contribution is 2.30. The lowest BCUT2D eigenvalue weighted by Gasteiger charge is -2.37. The number of hydrogen-bond donors (Lipinski definition) is 1. The van der Waals surface area contributed by atoms with E-state index in [2.05, 4.69) is 10.2 Å². The molecule has 0 spiro atoms. The fourth-order valence-electron chi connectivity index (χ4n) is 5.51. The van der Waals surface area contributed by atoms with E-state index in [1.54, 1.807) is 24.3 Å². The third-order valence-corrected chi connectivity index (χ3v) is 7.86. The third kappa shape index (κ3) is 5.36. The molecule has 0 bridgehead atoms. The summed E-state index contributed by atoms with van der Waals surface area (Å²) >= 11 is 5.96.